The van der Waals surface area contributed by atoms with Gasteiger partial charge >= 0.3 is 0 Å². The molecule has 11 atom stereocenters. The lowest BCUT2D eigenvalue weighted by Gasteiger charge is -2.64. The van der Waals surface area contributed by atoms with Crippen LogP contribution < -0.4 is 0 Å². The molecule has 196 valence electrons. The van der Waals surface area contributed by atoms with E-state index in [0.29, 0.717) is 32.1 Å². The van der Waals surface area contributed by atoms with Crippen LogP contribution in [0.3, 0.4) is 0 Å². The maximum atomic E-state index is 13.3. The zero-order valence-corrected chi connectivity index (χ0v) is 21.5. The molecule has 0 aliphatic heterocycles. The summed E-state index contributed by atoms with van der Waals surface area (Å²) >= 11 is 0. The molecule has 7 heteroatoms. The molecular weight excluding hydrogens is 436 g/mol. The lowest BCUT2D eigenvalue weighted by atomic mass is 9.42. The van der Waals surface area contributed by atoms with E-state index in [-0.39, 0.29) is 48.7 Å². The lowest BCUT2D eigenvalue weighted by molar-refractivity contribution is -0.232. The van der Waals surface area contributed by atoms with Crippen molar-refractivity contribution in [1.29, 1.82) is 0 Å². The average molecular weight is 483 g/mol. The van der Waals surface area contributed by atoms with E-state index in [0.717, 1.165) is 6.42 Å². The van der Waals surface area contributed by atoms with Gasteiger partial charge in [0.25, 0.3) is 0 Å². The summed E-state index contributed by atoms with van der Waals surface area (Å²) in [5, 5.41) is 65.6. The summed E-state index contributed by atoms with van der Waals surface area (Å²) in [4.78, 5) is 13.3. The highest BCUT2D eigenvalue weighted by Gasteiger charge is 2.71. The molecule has 0 heterocycles. The molecular formula is C27H46O7. The summed E-state index contributed by atoms with van der Waals surface area (Å²) in [6, 6.07) is 0. The van der Waals surface area contributed by atoms with Gasteiger partial charge in [-0.1, -0.05) is 13.8 Å². The fraction of sp³-hybridized carbons (Fsp3) is 0.963. The Kier molecular flexibility index (Phi) is 6.40. The molecule has 0 spiro atoms. The summed E-state index contributed by atoms with van der Waals surface area (Å²) in [5.41, 5.74) is -4.66. The van der Waals surface area contributed by atoms with Gasteiger partial charge in [-0.3, -0.25) is 4.79 Å². The first kappa shape index (κ1) is 26.5. The maximum absolute atomic E-state index is 13.3. The van der Waals surface area contributed by atoms with Crippen molar-refractivity contribution in [3.05, 3.63) is 0 Å². The number of carbonyl (C=O) groups excluding carboxylic acids is 1. The Morgan fingerprint density at radius 3 is 2.29 bits per heavy atom. The van der Waals surface area contributed by atoms with E-state index in [1.54, 1.807) is 20.8 Å². The Bertz CT molecular complexity index is 805. The molecule has 0 unspecified atom stereocenters. The van der Waals surface area contributed by atoms with Crippen LogP contribution in [0.2, 0.25) is 0 Å². The van der Waals surface area contributed by atoms with Gasteiger partial charge in [-0.15, -0.1) is 0 Å². The molecule has 4 aliphatic rings. The molecule has 0 aromatic carbocycles. The summed E-state index contributed by atoms with van der Waals surface area (Å²) in [6.07, 6.45) is 1.18. The highest BCUT2D eigenvalue weighted by molar-refractivity contribution is 5.83. The quantitative estimate of drug-likeness (QED) is 0.352. The molecule has 4 rings (SSSR count). The minimum absolute atomic E-state index is 0.0548. The van der Waals surface area contributed by atoms with E-state index in [1.807, 2.05) is 6.92 Å². The Balaban J connectivity index is 1.62. The smallest absolute Gasteiger partial charge is 0.137 e. The van der Waals surface area contributed by atoms with Crippen LogP contribution in [0.15, 0.2) is 0 Å². The molecule has 0 bridgehead atoms. The van der Waals surface area contributed by atoms with Crippen LogP contribution in [-0.4, -0.2) is 71.5 Å². The third-order valence-corrected chi connectivity index (χ3v) is 11.1. The first-order valence-corrected chi connectivity index (χ1v) is 13.2. The summed E-state index contributed by atoms with van der Waals surface area (Å²) < 4.78 is 0. The Hall–Kier alpha value is -0.570. The van der Waals surface area contributed by atoms with Gasteiger partial charge in [0.2, 0.25) is 0 Å². The minimum Gasteiger partial charge on any atom is -0.390 e. The number of ketones is 1. The zero-order valence-electron chi connectivity index (χ0n) is 21.5. The van der Waals surface area contributed by atoms with Gasteiger partial charge in [0, 0.05) is 17.8 Å². The largest absolute Gasteiger partial charge is 0.390 e. The zero-order chi connectivity index (χ0) is 25.5. The number of rotatable bonds is 5. The van der Waals surface area contributed by atoms with Gasteiger partial charge < -0.3 is 30.6 Å². The van der Waals surface area contributed by atoms with Crippen LogP contribution >= 0.6 is 0 Å². The predicted octanol–water partition coefficient (Wildman–Crippen LogP) is 1.93. The molecule has 7 nitrogen and oxygen atoms in total. The van der Waals surface area contributed by atoms with Crippen molar-refractivity contribution in [2.75, 3.05) is 0 Å². The number of aliphatic hydroxyl groups is 6. The van der Waals surface area contributed by atoms with Gasteiger partial charge in [-0.2, -0.15) is 0 Å². The van der Waals surface area contributed by atoms with Crippen LogP contribution in [0.5, 0.6) is 0 Å². The van der Waals surface area contributed by atoms with E-state index in [9.17, 15) is 35.4 Å². The first-order valence-electron chi connectivity index (χ1n) is 13.2. The number of Topliss-reactive ketones (excluding diaryl/α,β-unsaturated/α-hetero) is 1. The highest BCUT2D eigenvalue weighted by atomic mass is 16.3. The van der Waals surface area contributed by atoms with Crippen molar-refractivity contribution in [3.63, 3.8) is 0 Å². The molecule has 0 aromatic rings. The second-order valence-electron chi connectivity index (χ2n) is 13.6. The average Bonchev–Trinajstić information content (AvgIpc) is 3.00. The van der Waals surface area contributed by atoms with E-state index in [1.165, 1.54) is 0 Å². The van der Waals surface area contributed by atoms with Crippen molar-refractivity contribution < 1.29 is 35.4 Å². The Morgan fingerprint density at radius 2 is 1.68 bits per heavy atom. The molecule has 4 aliphatic carbocycles. The van der Waals surface area contributed by atoms with Gasteiger partial charge in [0.15, 0.2) is 0 Å². The van der Waals surface area contributed by atoms with Crippen LogP contribution in [0.25, 0.3) is 0 Å². The number of hydrogen-bond acceptors (Lipinski definition) is 7. The lowest BCUT2D eigenvalue weighted by Crippen LogP contribution is -2.66. The van der Waals surface area contributed by atoms with Gasteiger partial charge in [0.05, 0.1) is 35.1 Å². The van der Waals surface area contributed by atoms with E-state index in [4.69, 9.17) is 0 Å². The predicted molar refractivity (Wildman–Crippen MR) is 127 cm³/mol. The van der Waals surface area contributed by atoms with E-state index < -0.39 is 45.9 Å². The fourth-order valence-corrected chi connectivity index (χ4v) is 8.98. The van der Waals surface area contributed by atoms with Crippen molar-refractivity contribution >= 4 is 5.78 Å². The third-order valence-electron chi connectivity index (χ3n) is 11.1. The molecule has 0 aromatic heterocycles. The Morgan fingerprint density at radius 1 is 1.03 bits per heavy atom. The van der Waals surface area contributed by atoms with Crippen LogP contribution in [-0.2, 0) is 4.79 Å². The molecule has 34 heavy (non-hydrogen) atoms. The molecule has 4 saturated carbocycles. The molecule has 6 N–H and O–H groups in total. The van der Waals surface area contributed by atoms with E-state index in [2.05, 4.69) is 6.92 Å². The van der Waals surface area contributed by atoms with E-state index >= 15 is 0 Å². The van der Waals surface area contributed by atoms with Gasteiger partial charge in [-0.05, 0) is 95.3 Å². The van der Waals surface area contributed by atoms with Gasteiger partial charge in [-0.25, -0.2) is 0 Å². The maximum Gasteiger partial charge on any atom is 0.137 e. The fourth-order valence-electron chi connectivity index (χ4n) is 8.98. The van der Waals surface area contributed by atoms with Crippen molar-refractivity contribution in [2.24, 2.45) is 34.5 Å². The number of hydrogen-bond donors (Lipinski definition) is 6. The second-order valence-corrected chi connectivity index (χ2v) is 13.6. The first-order chi connectivity index (χ1) is 15.5. The highest BCUT2D eigenvalue weighted by Crippen LogP contribution is 2.69. The molecule has 0 amide bonds. The van der Waals surface area contributed by atoms with Crippen LogP contribution in [0.1, 0.15) is 92.4 Å². The number of carbonyl (C=O) groups is 1. The SMILES string of the molecule is CC(C)(O)CC[C@@H](O)[C@](C)(O)[C@H]1CC[C@@]2(O)[C@H]3CC(=O)[C@@H]4C[C@@H](O)[C@@H](O)C[C@]4(C)[C@H]3CC[C@]12C. The van der Waals surface area contributed by atoms with Crippen LogP contribution in [0, 0.1) is 34.5 Å². The van der Waals surface area contributed by atoms with Crippen molar-refractivity contribution in [3.8, 4) is 0 Å². The van der Waals surface area contributed by atoms with Crippen molar-refractivity contribution in [2.45, 2.75) is 128 Å². The summed E-state index contributed by atoms with van der Waals surface area (Å²) in [6.45, 7) is 9.08. The summed E-state index contributed by atoms with van der Waals surface area (Å²) in [7, 11) is 0. The normalized spacial score (nSPS) is 49.6. The van der Waals surface area contributed by atoms with Crippen molar-refractivity contribution in [1.82, 2.24) is 0 Å². The minimum atomic E-state index is -1.44. The topological polar surface area (TPSA) is 138 Å². The standard InChI is InChI=1S/C27H46O7/c1-23(2,32)9-8-22(31)26(5,33)21-7-11-27(34)16-12-18(28)17-13-19(29)20(30)14-24(17,3)15(16)6-10-25(21,27)4/h15-17,19-22,29-34H,6-14H2,1-5H3/t15-,16-,17-,19+,20-,21-,22+,24+,25+,26+,27+/m0/s1. The second kappa shape index (κ2) is 8.22. The molecule has 0 saturated heterocycles. The number of aliphatic hydroxyl groups excluding tert-OH is 3. The monoisotopic (exact) mass is 482 g/mol. The summed E-state index contributed by atoms with van der Waals surface area (Å²) in [5.74, 6) is -0.796. The number of fused-ring (bicyclic) bond motifs is 5. The van der Waals surface area contributed by atoms with Gasteiger partial charge in [0.1, 0.15) is 5.78 Å². The third kappa shape index (κ3) is 3.81. The molecule has 4 fully saturated rings. The van der Waals surface area contributed by atoms with Crippen LogP contribution in [0.4, 0.5) is 0 Å². The molecule has 0 radical (unpaired) electrons. The Labute approximate surface area is 203 Å².